The first kappa shape index (κ1) is 12.1. The number of hydrogen-bond donors (Lipinski definition) is 1. The summed E-state index contributed by atoms with van der Waals surface area (Å²) in [5.41, 5.74) is 4.16. The monoisotopic (exact) mass is 268 g/mol. The van der Waals surface area contributed by atoms with Crippen LogP contribution in [0.2, 0.25) is 0 Å². The van der Waals surface area contributed by atoms with E-state index in [-0.39, 0.29) is 5.54 Å². The highest BCUT2D eigenvalue weighted by atomic mass is 15.1. The number of nitrogens with one attached hydrogen (secondary N) is 1. The minimum absolute atomic E-state index is 0.187. The van der Waals surface area contributed by atoms with E-state index in [0.29, 0.717) is 0 Å². The molecule has 1 aliphatic carbocycles. The molecule has 0 aromatic carbocycles. The van der Waals surface area contributed by atoms with Crippen molar-refractivity contribution in [1.29, 1.82) is 0 Å². The molecule has 0 radical (unpaired) electrons. The molecule has 0 amide bonds. The van der Waals surface area contributed by atoms with Crippen LogP contribution in [-0.4, -0.2) is 21.1 Å². The van der Waals surface area contributed by atoms with Crippen molar-refractivity contribution in [1.82, 2.24) is 19.9 Å². The maximum Gasteiger partial charge on any atom is 0.0955 e. The van der Waals surface area contributed by atoms with Crippen molar-refractivity contribution in [3.05, 3.63) is 47.8 Å². The molecule has 1 spiro atoms. The zero-order valence-corrected chi connectivity index (χ0v) is 11.7. The average molecular weight is 268 g/mol. The van der Waals surface area contributed by atoms with Crippen molar-refractivity contribution in [3.63, 3.8) is 0 Å². The van der Waals surface area contributed by atoms with Crippen molar-refractivity contribution < 1.29 is 0 Å². The van der Waals surface area contributed by atoms with Crippen LogP contribution in [0.25, 0.3) is 0 Å². The van der Waals surface area contributed by atoms with Crippen LogP contribution in [-0.2, 0) is 18.5 Å². The lowest BCUT2D eigenvalue weighted by Crippen LogP contribution is -2.46. The largest absolute Gasteiger partial charge is 0.328 e. The van der Waals surface area contributed by atoms with E-state index in [2.05, 4.69) is 25.9 Å². The van der Waals surface area contributed by atoms with E-state index in [9.17, 15) is 0 Å². The van der Waals surface area contributed by atoms with Gasteiger partial charge in [0.05, 0.1) is 29.8 Å². The van der Waals surface area contributed by atoms with Gasteiger partial charge in [-0.05, 0) is 24.5 Å². The van der Waals surface area contributed by atoms with Gasteiger partial charge in [0.25, 0.3) is 0 Å². The third kappa shape index (κ3) is 1.86. The second kappa shape index (κ2) is 4.70. The molecule has 4 heteroatoms. The van der Waals surface area contributed by atoms with Crippen LogP contribution in [0.15, 0.2) is 30.9 Å². The maximum atomic E-state index is 4.67. The van der Waals surface area contributed by atoms with E-state index in [0.717, 1.165) is 19.5 Å². The van der Waals surface area contributed by atoms with Crippen LogP contribution in [0, 0.1) is 0 Å². The molecule has 104 valence electrons. The smallest absolute Gasteiger partial charge is 0.0955 e. The number of rotatable bonds is 2. The van der Waals surface area contributed by atoms with Gasteiger partial charge in [-0.15, -0.1) is 0 Å². The molecule has 4 rings (SSSR count). The van der Waals surface area contributed by atoms with Gasteiger partial charge in [-0.25, -0.2) is 4.98 Å². The molecule has 1 fully saturated rings. The van der Waals surface area contributed by atoms with Gasteiger partial charge < -0.3 is 9.88 Å². The second-order valence-corrected chi connectivity index (χ2v) is 6.00. The van der Waals surface area contributed by atoms with Crippen LogP contribution in [0.3, 0.4) is 0 Å². The molecule has 0 bridgehead atoms. The molecule has 2 aromatic rings. The Kier molecular flexibility index (Phi) is 2.84. The molecule has 0 unspecified atom stereocenters. The fourth-order valence-corrected chi connectivity index (χ4v) is 3.86. The molecule has 0 atom stereocenters. The second-order valence-electron chi connectivity index (χ2n) is 6.00. The summed E-state index contributed by atoms with van der Waals surface area (Å²) >= 11 is 0. The van der Waals surface area contributed by atoms with Gasteiger partial charge in [0.15, 0.2) is 0 Å². The Bertz CT molecular complexity index is 596. The van der Waals surface area contributed by atoms with E-state index in [4.69, 9.17) is 0 Å². The number of hydrogen-bond acceptors (Lipinski definition) is 3. The lowest BCUT2D eigenvalue weighted by atomic mass is 9.87. The summed E-state index contributed by atoms with van der Waals surface area (Å²) in [7, 11) is 0. The highest BCUT2D eigenvalue weighted by Gasteiger charge is 2.41. The topological polar surface area (TPSA) is 42.7 Å². The van der Waals surface area contributed by atoms with Gasteiger partial charge in [-0.3, -0.25) is 4.98 Å². The molecule has 1 N–H and O–H groups in total. The predicted molar refractivity (Wildman–Crippen MR) is 77.4 cm³/mol. The fraction of sp³-hybridized carbons (Fsp3) is 0.500. The van der Waals surface area contributed by atoms with Crippen LogP contribution < -0.4 is 5.32 Å². The van der Waals surface area contributed by atoms with E-state index in [1.54, 1.807) is 0 Å². The summed E-state index contributed by atoms with van der Waals surface area (Å²) in [6.07, 6.45) is 12.0. The number of aromatic nitrogens is 3. The molecular formula is C16H20N4. The summed E-state index contributed by atoms with van der Waals surface area (Å²) in [4.78, 5) is 8.89. The number of pyridine rings is 1. The minimum atomic E-state index is 0.187. The van der Waals surface area contributed by atoms with Gasteiger partial charge in [0.1, 0.15) is 0 Å². The lowest BCUT2D eigenvalue weighted by Gasteiger charge is -2.36. The molecule has 20 heavy (non-hydrogen) atoms. The number of nitrogens with zero attached hydrogens (tertiary/aromatic N) is 3. The first-order valence-electron chi connectivity index (χ1n) is 7.56. The third-order valence-electron chi connectivity index (χ3n) is 4.72. The first-order valence-corrected chi connectivity index (χ1v) is 7.56. The molecule has 1 saturated carbocycles. The summed E-state index contributed by atoms with van der Waals surface area (Å²) in [6.45, 7) is 1.94. The van der Waals surface area contributed by atoms with E-state index < -0.39 is 0 Å². The summed E-state index contributed by atoms with van der Waals surface area (Å²) in [5, 5.41) is 3.79. The zero-order valence-electron chi connectivity index (χ0n) is 11.7. The lowest BCUT2D eigenvalue weighted by molar-refractivity contribution is 0.303. The highest BCUT2D eigenvalue weighted by molar-refractivity contribution is 5.29. The summed E-state index contributed by atoms with van der Waals surface area (Å²) in [5.74, 6) is 0. The molecule has 3 heterocycles. The van der Waals surface area contributed by atoms with Crippen molar-refractivity contribution in [2.24, 2.45) is 0 Å². The van der Waals surface area contributed by atoms with Crippen LogP contribution in [0.5, 0.6) is 0 Å². The maximum absolute atomic E-state index is 4.67. The molecule has 4 nitrogen and oxygen atoms in total. The minimum Gasteiger partial charge on any atom is -0.328 e. The average Bonchev–Trinajstić information content (AvgIpc) is 3.09. The summed E-state index contributed by atoms with van der Waals surface area (Å²) in [6, 6.07) is 4.14. The van der Waals surface area contributed by atoms with E-state index in [1.807, 2.05) is 24.8 Å². The van der Waals surface area contributed by atoms with Gasteiger partial charge in [0.2, 0.25) is 0 Å². The summed E-state index contributed by atoms with van der Waals surface area (Å²) < 4.78 is 2.34. The Morgan fingerprint density at radius 3 is 3.00 bits per heavy atom. The SMILES string of the molecule is c1cncc(Cn2cnc3c2C2(CCCC2)NCC3)c1. The normalized spacial score (nSPS) is 20.2. The van der Waals surface area contributed by atoms with Gasteiger partial charge in [0, 0.05) is 25.4 Å². The molecular weight excluding hydrogens is 248 g/mol. The first-order chi connectivity index (χ1) is 9.87. The van der Waals surface area contributed by atoms with Crippen molar-refractivity contribution in [3.8, 4) is 0 Å². The van der Waals surface area contributed by atoms with Crippen LogP contribution in [0.4, 0.5) is 0 Å². The zero-order chi connectivity index (χ0) is 13.4. The van der Waals surface area contributed by atoms with Gasteiger partial charge in [-0.2, -0.15) is 0 Å². The predicted octanol–water partition coefficient (Wildman–Crippen LogP) is 2.24. The fourth-order valence-electron chi connectivity index (χ4n) is 3.86. The highest BCUT2D eigenvalue weighted by Crippen LogP contribution is 2.42. The Labute approximate surface area is 119 Å². The number of imidazole rings is 1. The third-order valence-corrected chi connectivity index (χ3v) is 4.72. The van der Waals surface area contributed by atoms with Crippen LogP contribution in [0.1, 0.15) is 42.6 Å². The molecule has 2 aromatic heterocycles. The van der Waals surface area contributed by atoms with Gasteiger partial charge in [-0.1, -0.05) is 18.9 Å². The number of fused-ring (bicyclic) bond motifs is 2. The van der Waals surface area contributed by atoms with Crippen molar-refractivity contribution in [2.45, 2.75) is 44.2 Å². The quantitative estimate of drug-likeness (QED) is 0.908. The Balaban J connectivity index is 1.74. The van der Waals surface area contributed by atoms with Crippen molar-refractivity contribution >= 4 is 0 Å². The van der Waals surface area contributed by atoms with Crippen LogP contribution >= 0.6 is 0 Å². The van der Waals surface area contributed by atoms with E-state index >= 15 is 0 Å². The molecule has 2 aliphatic rings. The molecule has 1 aliphatic heterocycles. The Hall–Kier alpha value is -1.68. The Morgan fingerprint density at radius 2 is 2.20 bits per heavy atom. The molecule has 0 saturated heterocycles. The Morgan fingerprint density at radius 1 is 1.30 bits per heavy atom. The standard InChI is InChI=1S/C16H20N4/c1-2-7-16(6-1)15-14(5-9-19-16)18-12-20(15)11-13-4-3-8-17-10-13/h3-4,8,10,12,19H,1-2,5-7,9,11H2. The van der Waals surface area contributed by atoms with Gasteiger partial charge >= 0.3 is 0 Å². The van der Waals surface area contributed by atoms with E-state index in [1.165, 1.54) is 42.6 Å². The van der Waals surface area contributed by atoms with Crippen molar-refractivity contribution in [2.75, 3.05) is 6.54 Å².